The van der Waals surface area contributed by atoms with Gasteiger partial charge in [0.25, 0.3) is 10.0 Å². The highest BCUT2D eigenvalue weighted by Gasteiger charge is 2.66. The van der Waals surface area contributed by atoms with Gasteiger partial charge in [-0.15, -0.1) is 10.2 Å². The summed E-state index contributed by atoms with van der Waals surface area (Å²) in [6, 6.07) is 2.10. The lowest BCUT2D eigenvalue weighted by Gasteiger charge is -2.33. The first kappa shape index (κ1) is 31.4. The molecule has 0 saturated carbocycles. The Kier molecular flexibility index (Phi) is 10.2. The molecule has 1 aromatic carbocycles. The van der Waals surface area contributed by atoms with Crippen molar-refractivity contribution in [1.29, 1.82) is 0 Å². The SMILES string of the molecule is CCOC(=O)[C@@](NC(=O)Nc1ccc(S(=O)(=O)Nc2nnc(SCC)s2)cc1)(OCC(F)(F)F)C(F)(F)F. The van der Waals surface area contributed by atoms with Crippen molar-refractivity contribution in [2.45, 2.75) is 41.2 Å². The summed E-state index contributed by atoms with van der Waals surface area (Å²) in [4.78, 5) is 23.9. The lowest BCUT2D eigenvalue weighted by molar-refractivity contribution is -0.305. The van der Waals surface area contributed by atoms with Gasteiger partial charge in [-0.05, 0) is 36.9 Å². The zero-order chi connectivity index (χ0) is 28.8. The molecule has 0 aliphatic rings. The predicted octanol–water partition coefficient (Wildman–Crippen LogP) is 3.97. The van der Waals surface area contributed by atoms with Crippen molar-refractivity contribution in [2.24, 2.45) is 0 Å². The molecule has 11 nitrogen and oxygen atoms in total. The van der Waals surface area contributed by atoms with Crippen LogP contribution >= 0.6 is 23.1 Å². The molecule has 0 radical (unpaired) electrons. The summed E-state index contributed by atoms with van der Waals surface area (Å²) in [6.45, 7) is -0.268. The number of alkyl halides is 6. The molecular weight excluding hydrogens is 592 g/mol. The smallest absolute Gasteiger partial charge is 0.448 e. The summed E-state index contributed by atoms with van der Waals surface area (Å²) < 4.78 is 115. The summed E-state index contributed by atoms with van der Waals surface area (Å²) in [7, 11) is -4.16. The largest absolute Gasteiger partial charge is 0.462 e. The number of anilines is 2. The van der Waals surface area contributed by atoms with Gasteiger partial charge in [0.05, 0.1) is 11.5 Å². The number of ether oxygens (including phenoxy) is 2. The second-order valence-electron chi connectivity index (χ2n) is 6.82. The van der Waals surface area contributed by atoms with Gasteiger partial charge in [0.2, 0.25) is 5.13 Å². The molecule has 3 N–H and O–H groups in total. The zero-order valence-corrected chi connectivity index (χ0v) is 21.7. The molecule has 1 aromatic heterocycles. The third-order valence-electron chi connectivity index (χ3n) is 4.02. The maximum Gasteiger partial charge on any atom is 0.448 e. The number of urea groups is 1. The summed E-state index contributed by atoms with van der Waals surface area (Å²) in [5.74, 6) is -1.65. The Balaban J connectivity index is 2.20. The predicted molar refractivity (Wildman–Crippen MR) is 123 cm³/mol. The van der Waals surface area contributed by atoms with E-state index in [1.165, 1.54) is 11.8 Å². The third kappa shape index (κ3) is 8.33. The number of sulfonamides is 1. The lowest BCUT2D eigenvalue weighted by Crippen LogP contribution is -2.67. The molecule has 20 heteroatoms. The molecule has 0 aliphatic heterocycles. The molecule has 0 aliphatic carbocycles. The van der Waals surface area contributed by atoms with Crippen LogP contribution in [0.15, 0.2) is 33.5 Å². The first-order chi connectivity index (χ1) is 17.5. The maximum atomic E-state index is 13.7. The Hall–Kier alpha value is -2.84. The van der Waals surface area contributed by atoms with E-state index in [0.717, 1.165) is 47.8 Å². The summed E-state index contributed by atoms with van der Waals surface area (Å²) in [5, 5.41) is 10.4. The number of aromatic nitrogens is 2. The van der Waals surface area contributed by atoms with Crippen LogP contribution in [0.1, 0.15) is 13.8 Å². The van der Waals surface area contributed by atoms with Crippen molar-refractivity contribution in [2.75, 3.05) is 29.0 Å². The molecule has 2 aromatic rings. The standard InChI is InChI=1S/C18H19F6N5O6S3/c1-3-34-12(30)17(18(22,23)24,35-9-16(19,20)21)26-13(31)25-10-5-7-11(8-6-10)38(32,33)29-14-27-28-15(37-14)36-4-2/h5-8H,3-4,9H2,1-2H3,(H,27,29)(H2,25,26,31)/t17-/m1/s1. The van der Waals surface area contributed by atoms with E-state index < -0.39 is 53.3 Å². The Morgan fingerprint density at radius 3 is 2.21 bits per heavy atom. The van der Waals surface area contributed by atoms with Crippen LogP contribution in [-0.2, 0) is 24.3 Å². The Labute approximate surface area is 219 Å². The highest BCUT2D eigenvalue weighted by Crippen LogP contribution is 2.35. The maximum absolute atomic E-state index is 13.7. The van der Waals surface area contributed by atoms with Crippen molar-refractivity contribution in [3.8, 4) is 0 Å². The molecule has 0 spiro atoms. The van der Waals surface area contributed by atoms with Gasteiger partial charge in [0.15, 0.2) is 4.34 Å². The first-order valence-corrected chi connectivity index (χ1v) is 13.4. The lowest BCUT2D eigenvalue weighted by atomic mass is 10.2. The van der Waals surface area contributed by atoms with Gasteiger partial charge in [-0.2, -0.15) is 26.3 Å². The van der Waals surface area contributed by atoms with Crippen LogP contribution in [0.3, 0.4) is 0 Å². The van der Waals surface area contributed by atoms with E-state index in [9.17, 15) is 44.3 Å². The van der Waals surface area contributed by atoms with Gasteiger partial charge in [-0.25, -0.2) is 18.0 Å². The number of benzene rings is 1. The number of halogens is 6. The molecule has 0 fully saturated rings. The van der Waals surface area contributed by atoms with Crippen LogP contribution in [-0.4, -0.2) is 67.7 Å². The minimum atomic E-state index is -5.87. The Bertz CT molecular complexity index is 1220. The molecule has 0 bridgehead atoms. The molecule has 2 amide bonds. The fraction of sp³-hybridized carbons (Fsp3) is 0.444. The number of amides is 2. The van der Waals surface area contributed by atoms with E-state index in [2.05, 4.69) is 24.4 Å². The van der Waals surface area contributed by atoms with Gasteiger partial charge in [0, 0.05) is 5.69 Å². The molecule has 1 heterocycles. The highest BCUT2D eigenvalue weighted by molar-refractivity contribution is 8.01. The van der Waals surface area contributed by atoms with E-state index in [4.69, 9.17) is 0 Å². The first-order valence-electron chi connectivity index (χ1n) is 10.2. The molecule has 38 heavy (non-hydrogen) atoms. The number of carbonyl (C=O) groups is 2. The molecule has 1 atom stereocenters. The van der Waals surface area contributed by atoms with Crippen LogP contribution < -0.4 is 15.4 Å². The number of carbonyl (C=O) groups excluding carboxylic acids is 2. The topological polar surface area (TPSA) is 149 Å². The number of esters is 1. The highest BCUT2D eigenvalue weighted by atomic mass is 32.2. The van der Waals surface area contributed by atoms with E-state index in [1.54, 1.807) is 0 Å². The monoisotopic (exact) mass is 611 g/mol. The van der Waals surface area contributed by atoms with Crippen LogP contribution in [0.2, 0.25) is 0 Å². The van der Waals surface area contributed by atoms with E-state index >= 15 is 0 Å². The van der Waals surface area contributed by atoms with Crippen LogP contribution in [0.5, 0.6) is 0 Å². The van der Waals surface area contributed by atoms with E-state index in [0.29, 0.717) is 10.1 Å². The molecule has 2 rings (SSSR count). The Morgan fingerprint density at radius 2 is 1.68 bits per heavy atom. The second kappa shape index (κ2) is 12.3. The molecular formula is C18H19F6N5O6S3. The fourth-order valence-corrected chi connectivity index (χ4v) is 5.36. The van der Waals surface area contributed by atoms with Gasteiger partial charge < -0.3 is 14.8 Å². The quantitative estimate of drug-likeness (QED) is 0.149. The van der Waals surface area contributed by atoms with Crippen molar-refractivity contribution in [3.63, 3.8) is 0 Å². The van der Waals surface area contributed by atoms with Gasteiger partial charge in [0.1, 0.15) is 6.61 Å². The Morgan fingerprint density at radius 1 is 1.05 bits per heavy atom. The molecule has 0 unspecified atom stereocenters. The fourth-order valence-electron chi connectivity index (χ4n) is 2.48. The summed E-state index contributed by atoms with van der Waals surface area (Å²) in [6.07, 6.45) is -11.2. The second-order valence-corrected chi connectivity index (χ2v) is 11.0. The van der Waals surface area contributed by atoms with Crippen LogP contribution in [0.4, 0.5) is 42.0 Å². The van der Waals surface area contributed by atoms with Gasteiger partial charge in [-0.3, -0.25) is 10.0 Å². The van der Waals surface area contributed by atoms with Crippen LogP contribution in [0.25, 0.3) is 0 Å². The van der Waals surface area contributed by atoms with E-state index in [-0.39, 0.29) is 15.7 Å². The summed E-state index contributed by atoms with van der Waals surface area (Å²) >= 11 is 2.32. The minimum absolute atomic E-state index is 0.0242. The van der Waals surface area contributed by atoms with Crippen molar-refractivity contribution < 1.29 is 53.8 Å². The van der Waals surface area contributed by atoms with Crippen molar-refractivity contribution in [3.05, 3.63) is 24.3 Å². The van der Waals surface area contributed by atoms with Crippen molar-refractivity contribution in [1.82, 2.24) is 15.5 Å². The average molecular weight is 612 g/mol. The van der Waals surface area contributed by atoms with Gasteiger partial charge in [-0.1, -0.05) is 30.0 Å². The zero-order valence-electron chi connectivity index (χ0n) is 19.3. The molecule has 212 valence electrons. The summed E-state index contributed by atoms with van der Waals surface area (Å²) in [5.41, 5.74) is -4.78. The van der Waals surface area contributed by atoms with Crippen molar-refractivity contribution >= 4 is 55.9 Å². The van der Waals surface area contributed by atoms with E-state index in [1.807, 2.05) is 12.2 Å². The number of rotatable bonds is 11. The minimum Gasteiger partial charge on any atom is -0.462 e. The number of thioether (sulfide) groups is 1. The normalized spacial score (nSPS) is 13.9. The molecule has 0 saturated heterocycles. The third-order valence-corrected chi connectivity index (χ3v) is 7.36. The van der Waals surface area contributed by atoms with Crippen LogP contribution in [0, 0.1) is 0 Å². The number of hydrogen-bond acceptors (Lipinski definition) is 10. The number of nitrogens with zero attached hydrogens (tertiary/aromatic N) is 2. The number of nitrogens with one attached hydrogen (secondary N) is 3. The van der Waals surface area contributed by atoms with Gasteiger partial charge >= 0.3 is 30.1 Å². The number of hydrogen-bond donors (Lipinski definition) is 3. The average Bonchev–Trinajstić information content (AvgIpc) is 3.22.